The fourth-order valence-electron chi connectivity index (χ4n) is 12.4. The molecule has 0 spiro atoms. The highest BCUT2D eigenvalue weighted by molar-refractivity contribution is 8.00. The van der Waals surface area contributed by atoms with Crippen molar-refractivity contribution in [2.45, 2.75) is 98.2 Å². The molecule has 0 fully saturated rings. The zero-order valence-corrected chi connectivity index (χ0v) is 41.7. The van der Waals surface area contributed by atoms with Gasteiger partial charge in [0.05, 0.1) is 5.41 Å². The molecule has 12 rings (SSSR count). The average Bonchev–Trinajstić information content (AvgIpc) is 4.01. The Kier molecular flexibility index (Phi) is 12.8. The molecule has 7 aliphatic rings. The fourth-order valence-corrected chi connectivity index (χ4v) is 13.6. The molecule has 6 aliphatic carbocycles. The molecule has 5 aromatic rings. The van der Waals surface area contributed by atoms with E-state index in [0.29, 0.717) is 0 Å². The number of hydrogen-bond donors (Lipinski definition) is 0. The second-order valence-electron chi connectivity index (χ2n) is 20.1. The zero-order valence-electron chi connectivity index (χ0n) is 40.9. The lowest BCUT2D eigenvalue weighted by atomic mass is 9.70. The summed E-state index contributed by atoms with van der Waals surface area (Å²) in [5.74, 6) is 1.35. The molecule has 5 aromatic carbocycles. The molecule has 71 heavy (non-hydrogen) atoms. The number of benzene rings is 5. The molecule has 4 atom stereocenters. The van der Waals surface area contributed by atoms with Crippen LogP contribution in [0.1, 0.15) is 121 Å². The quantitative estimate of drug-likeness (QED) is 0.122. The Hall–Kier alpha value is -6.87. The molecule has 2 heteroatoms. The highest BCUT2D eigenvalue weighted by atomic mass is 32.2. The van der Waals surface area contributed by atoms with Gasteiger partial charge in [0.25, 0.3) is 0 Å². The maximum atomic E-state index is 7.02. The van der Waals surface area contributed by atoms with Crippen molar-refractivity contribution in [2.24, 2.45) is 0 Å². The number of thioether (sulfide) groups is 1. The van der Waals surface area contributed by atoms with Crippen LogP contribution in [0.5, 0.6) is 0 Å². The van der Waals surface area contributed by atoms with E-state index in [9.17, 15) is 0 Å². The second kappa shape index (κ2) is 20.1. The summed E-state index contributed by atoms with van der Waals surface area (Å²) < 4.78 is 7.02. The lowest BCUT2D eigenvalue weighted by molar-refractivity contribution is 0.145. The zero-order chi connectivity index (χ0) is 47.6. The van der Waals surface area contributed by atoms with Crippen LogP contribution < -0.4 is 0 Å². The van der Waals surface area contributed by atoms with Crippen molar-refractivity contribution in [3.63, 3.8) is 0 Å². The minimum absolute atomic E-state index is 0.0440. The van der Waals surface area contributed by atoms with Gasteiger partial charge in [0.15, 0.2) is 0 Å². The third kappa shape index (κ3) is 8.76. The minimum atomic E-state index is -0.415. The third-order valence-electron chi connectivity index (χ3n) is 15.9. The van der Waals surface area contributed by atoms with E-state index in [-0.39, 0.29) is 23.2 Å². The van der Waals surface area contributed by atoms with Crippen LogP contribution in [0.3, 0.4) is 0 Å². The van der Waals surface area contributed by atoms with Crippen molar-refractivity contribution in [1.82, 2.24) is 0 Å². The summed E-state index contributed by atoms with van der Waals surface area (Å²) in [5.41, 5.74) is 20.1. The van der Waals surface area contributed by atoms with Crippen LogP contribution in [0.4, 0.5) is 0 Å². The van der Waals surface area contributed by atoms with Gasteiger partial charge >= 0.3 is 0 Å². The Labute approximate surface area is 426 Å². The predicted octanol–water partition coefficient (Wildman–Crippen LogP) is 18.0. The Morgan fingerprint density at radius 3 is 2.28 bits per heavy atom. The van der Waals surface area contributed by atoms with Crippen molar-refractivity contribution in [3.05, 3.63) is 297 Å². The molecule has 1 aliphatic heterocycles. The molecule has 350 valence electrons. The number of ether oxygens (including phenoxy) is 1. The largest absolute Gasteiger partial charge is 0.488 e. The second-order valence-corrected chi connectivity index (χ2v) is 21.3. The standard InChI is InChI=1S/C69H62OS/c1-2-3-7-25-54-47-69(55-26-8-4-9-27-55,56-28-10-5-11-29-56)65-46-53(39-42-59(54)65)63-44-52(40-43-67(63)71-57-30-12-6-13-31-57)51-38-41-58(50-24-17-16-22-48-21-14-15-23-49(48)36-37-50)64(45-51)62-34-20-33-61-60-32-18-19-35-66(60)70-68(61)62/h2-6,8-13,15-18,20,23-24,26-34,38-47,62-63,67-68H,7,14,19,21-22,25,35-37H2,1H3/b3-2-,17-16-,50-24+. The van der Waals surface area contributed by atoms with E-state index in [1.807, 2.05) is 11.8 Å². The first-order valence-corrected chi connectivity index (χ1v) is 27.1. The van der Waals surface area contributed by atoms with Gasteiger partial charge in [-0.2, -0.15) is 0 Å². The smallest absolute Gasteiger partial charge is 0.134 e. The van der Waals surface area contributed by atoms with Gasteiger partial charge in [0, 0.05) is 39.5 Å². The Morgan fingerprint density at radius 1 is 0.690 bits per heavy atom. The van der Waals surface area contributed by atoms with Gasteiger partial charge in [-0.15, -0.1) is 11.8 Å². The number of allylic oxidation sites excluding steroid dienone is 20. The summed E-state index contributed by atoms with van der Waals surface area (Å²) in [5, 5.41) is 0.194. The van der Waals surface area contributed by atoms with Crippen LogP contribution in [0, 0.1) is 0 Å². The molecule has 1 nitrogen and oxygen atoms in total. The SMILES string of the molecule is C/C=C\CCC1=CC(c2ccccc2)(c2ccccc2)c2cc(C3C=C(c4ccc(/C5=C/C=C\CC6=C(C=CCC6)CC5)c(C5C=CC=C6C7=C(CCC=C7)OC65)c4)C=CC3Sc3ccccc3)ccc21. The molecule has 1 heterocycles. The summed E-state index contributed by atoms with van der Waals surface area (Å²) in [6, 6.07) is 48.3. The van der Waals surface area contributed by atoms with Crippen molar-refractivity contribution >= 4 is 28.5 Å². The van der Waals surface area contributed by atoms with E-state index in [4.69, 9.17) is 4.74 Å². The molecule has 0 N–H and O–H groups in total. The number of hydrogen-bond acceptors (Lipinski definition) is 2. The third-order valence-corrected chi connectivity index (χ3v) is 17.2. The van der Waals surface area contributed by atoms with Crippen LogP contribution in [-0.4, -0.2) is 11.4 Å². The van der Waals surface area contributed by atoms with Crippen LogP contribution in [-0.2, 0) is 10.2 Å². The number of rotatable bonds is 11. The maximum absolute atomic E-state index is 7.02. The summed E-state index contributed by atoms with van der Waals surface area (Å²) >= 11 is 1.97. The van der Waals surface area contributed by atoms with E-state index in [1.165, 1.54) is 89.3 Å². The van der Waals surface area contributed by atoms with Crippen molar-refractivity contribution in [2.75, 3.05) is 0 Å². The first kappa shape index (κ1) is 45.3. The molecule has 0 bridgehead atoms. The van der Waals surface area contributed by atoms with E-state index in [0.717, 1.165) is 57.1 Å². The highest BCUT2D eigenvalue weighted by Gasteiger charge is 2.42. The van der Waals surface area contributed by atoms with Gasteiger partial charge in [-0.3, -0.25) is 0 Å². The predicted molar refractivity (Wildman–Crippen MR) is 300 cm³/mol. The van der Waals surface area contributed by atoms with Gasteiger partial charge in [-0.1, -0.05) is 212 Å². The Morgan fingerprint density at radius 2 is 1.46 bits per heavy atom. The average molecular weight is 939 g/mol. The van der Waals surface area contributed by atoms with Crippen LogP contribution >= 0.6 is 11.8 Å². The van der Waals surface area contributed by atoms with Gasteiger partial charge in [-0.25, -0.2) is 0 Å². The molecule has 0 amide bonds. The van der Waals surface area contributed by atoms with Crippen LogP contribution in [0.2, 0.25) is 0 Å². The normalized spacial score (nSPS) is 24.1. The van der Waals surface area contributed by atoms with Crippen molar-refractivity contribution < 1.29 is 4.74 Å². The summed E-state index contributed by atoms with van der Waals surface area (Å²) in [4.78, 5) is 1.28. The number of fused-ring (bicyclic) bond motifs is 3. The van der Waals surface area contributed by atoms with Gasteiger partial charge in [-0.05, 0) is 143 Å². The van der Waals surface area contributed by atoms with E-state index >= 15 is 0 Å². The molecular formula is C69H62OS. The van der Waals surface area contributed by atoms with E-state index in [1.54, 1.807) is 5.57 Å². The Balaban J connectivity index is 0.985. The maximum Gasteiger partial charge on any atom is 0.134 e. The van der Waals surface area contributed by atoms with Gasteiger partial charge in [0.2, 0.25) is 0 Å². The summed E-state index contributed by atoms with van der Waals surface area (Å²) in [7, 11) is 0. The molecule has 0 saturated carbocycles. The molecule has 0 aromatic heterocycles. The van der Waals surface area contributed by atoms with Crippen molar-refractivity contribution in [3.8, 4) is 0 Å². The van der Waals surface area contributed by atoms with E-state index < -0.39 is 5.41 Å². The van der Waals surface area contributed by atoms with Gasteiger partial charge < -0.3 is 4.74 Å². The van der Waals surface area contributed by atoms with Crippen molar-refractivity contribution in [1.29, 1.82) is 0 Å². The molecule has 0 radical (unpaired) electrons. The molecule has 4 unspecified atom stereocenters. The fraction of sp³-hybridized carbons (Fsp3) is 0.217. The van der Waals surface area contributed by atoms with Gasteiger partial charge in [0.1, 0.15) is 11.9 Å². The molecule has 0 saturated heterocycles. The first-order valence-electron chi connectivity index (χ1n) is 26.2. The van der Waals surface area contributed by atoms with E-state index in [2.05, 4.69) is 232 Å². The Bertz CT molecular complexity index is 3190. The summed E-state index contributed by atoms with van der Waals surface area (Å²) in [6.07, 6.45) is 47.5. The topological polar surface area (TPSA) is 9.23 Å². The first-order chi connectivity index (χ1) is 35.1. The summed E-state index contributed by atoms with van der Waals surface area (Å²) in [6.45, 7) is 2.13. The minimum Gasteiger partial charge on any atom is -0.488 e. The monoisotopic (exact) mass is 938 g/mol. The van der Waals surface area contributed by atoms with Crippen LogP contribution in [0.15, 0.2) is 258 Å². The highest BCUT2D eigenvalue weighted by Crippen LogP contribution is 2.53. The lowest BCUT2D eigenvalue weighted by Gasteiger charge is -2.33. The van der Waals surface area contributed by atoms with Crippen LogP contribution in [0.25, 0.3) is 16.7 Å². The lowest BCUT2D eigenvalue weighted by Crippen LogP contribution is -2.26. The molecular weight excluding hydrogens is 877 g/mol.